The highest BCUT2D eigenvalue weighted by atomic mass is 16.2. The van der Waals surface area contributed by atoms with Gasteiger partial charge in [0.1, 0.15) is 0 Å². The van der Waals surface area contributed by atoms with Crippen molar-refractivity contribution in [2.24, 2.45) is 0 Å². The van der Waals surface area contributed by atoms with Crippen LogP contribution in [0.1, 0.15) is 30.7 Å². The van der Waals surface area contributed by atoms with Gasteiger partial charge in [-0.1, -0.05) is 18.2 Å². The normalized spacial score (nSPS) is 21.0. The SMILES string of the molecule is O=C(NCCC1CNc2ccccc21)NC1CC1. The molecular formula is C14H19N3O. The molecule has 0 bridgehead atoms. The van der Waals surface area contributed by atoms with E-state index in [-0.39, 0.29) is 6.03 Å². The van der Waals surface area contributed by atoms with Gasteiger partial charge in [0.15, 0.2) is 0 Å². The van der Waals surface area contributed by atoms with Crippen LogP contribution in [-0.4, -0.2) is 25.2 Å². The molecule has 4 heteroatoms. The van der Waals surface area contributed by atoms with Crippen molar-refractivity contribution in [3.8, 4) is 0 Å². The standard InChI is InChI=1S/C14H19N3O/c18-14(17-11-5-6-11)15-8-7-10-9-16-13-4-2-1-3-12(10)13/h1-4,10-11,16H,5-9H2,(H2,15,17,18). The van der Waals surface area contributed by atoms with Crippen molar-refractivity contribution in [1.82, 2.24) is 10.6 Å². The lowest BCUT2D eigenvalue weighted by atomic mass is 9.98. The number of carbonyl (C=O) groups is 1. The molecule has 1 atom stereocenters. The molecule has 96 valence electrons. The Bertz CT molecular complexity index is 442. The first-order chi connectivity index (χ1) is 8.83. The van der Waals surface area contributed by atoms with Crippen LogP contribution in [0.5, 0.6) is 0 Å². The number of hydrogen-bond acceptors (Lipinski definition) is 2. The molecule has 1 heterocycles. The lowest BCUT2D eigenvalue weighted by Crippen LogP contribution is -2.37. The van der Waals surface area contributed by atoms with E-state index < -0.39 is 0 Å². The van der Waals surface area contributed by atoms with Crippen LogP contribution in [0, 0.1) is 0 Å². The third-order valence-electron chi connectivity index (χ3n) is 3.63. The fourth-order valence-electron chi connectivity index (χ4n) is 2.44. The summed E-state index contributed by atoms with van der Waals surface area (Å²) in [5.41, 5.74) is 2.62. The third kappa shape index (κ3) is 2.58. The van der Waals surface area contributed by atoms with E-state index in [4.69, 9.17) is 0 Å². The van der Waals surface area contributed by atoms with E-state index in [1.54, 1.807) is 0 Å². The van der Waals surface area contributed by atoms with Crippen LogP contribution < -0.4 is 16.0 Å². The van der Waals surface area contributed by atoms with Gasteiger partial charge in [0.05, 0.1) is 0 Å². The van der Waals surface area contributed by atoms with Crippen LogP contribution in [0.4, 0.5) is 10.5 Å². The molecule has 1 aliphatic carbocycles. The van der Waals surface area contributed by atoms with Gasteiger partial charge in [-0.3, -0.25) is 0 Å². The second-order valence-electron chi connectivity index (χ2n) is 5.13. The monoisotopic (exact) mass is 245 g/mol. The molecule has 1 aromatic rings. The molecule has 1 saturated carbocycles. The van der Waals surface area contributed by atoms with E-state index in [1.807, 2.05) is 0 Å². The van der Waals surface area contributed by atoms with Crippen molar-refractivity contribution < 1.29 is 4.79 Å². The van der Waals surface area contributed by atoms with Crippen molar-refractivity contribution in [1.29, 1.82) is 0 Å². The van der Waals surface area contributed by atoms with Crippen LogP contribution >= 0.6 is 0 Å². The molecule has 1 aromatic carbocycles. The van der Waals surface area contributed by atoms with E-state index in [9.17, 15) is 4.79 Å². The zero-order valence-corrected chi connectivity index (χ0v) is 10.4. The summed E-state index contributed by atoms with van der Waals surface area (Å²) in [6.45, 7) is 1.71. The number of benzene rings is 1. The predicted molar refractivity (Wildman–Crippen MR) is 71.8 cm³/mol. The van der Waals surface area contributed by atoms with Crippen LogP contribution in [0.3, 0.4) is 0 Å². The maximum absolute atomic E-state index is 11.5. The van der Waals surface area contributed by atoms with Gasteiger partial charge in [0.2, 0.25) is 0 Å². The van der Waals surface area contributed by atoms with Crippen molar-refractivity contribution in [2.75, 3.05) is 18.4 Å². The summed E-state index contributed by atoms with van der Waals surface area (Å²) < 4.78 is 0. The summed E-state index contributed by atoms with van der Waals surface area (Å²) in [5.74, 6) is 0.516. The number of rotatable bonds is 4. The smallest absolute Gasteiger partial charge is 0.315 e. The van der Waals surface area contributed by atoms with Crippen molar-refractivity contribution in [2.45, 2.75) is 31.2 Å². The zero-order valence-electron chi connectivity index (χ0n) is 10.4. The predicted octanol–water partition coefficient (Wildman–Crippen LogP) is 2.05. The highest BCUT2D eigenvalue weighted by Gasteiger charge is 2.24. The van der Waals surface area contributed by atoms with Gasteiger partial charge >= 0.3 is 6.03 Å². The Balaban J connectivity index is 1.45. The van der Waals surface area contributed by atoms with E-state index >= 15 is 0 Å². The number of nitrogens with one attached hydrogen (secondary N) is 3. The maximum atomic E-state index is 11.5. The topological polar surface area (TPSA) is 53.2 Å². The average Bonchev–Trinajstić information content (AvgIpc) is 3.09. The van der Waals surface area contributed by atoms with E-state index in [2.05, 4.69) is 40.2 Å². The molecule has 0 radical (unpaired) electrons. The van der Waals surface area contributed by atoms with E-state index in [0.717, 1.165) is 32.4 Å². The Morgan fingerprint density at radius 1 is 1.33 bits per heavy atom. The molecule has 0 saturated heterocycles. The molecule has 2 amide bonds. The fourth-order valence-corrected chi connectivity index (χ4v) is 2.44. The minimum atomic E-state index is -0.0169. The highest BCUT2D eigenvalue weighted by molar-refractivity contribution is 5.74. The van der Waals surface area contributed by atoms with Crippen LogP contribution in [-0.2, 0) is 0 Å². The zero-order chi connectivity index (χ0) is 12.4. The molecule has 0 spiro atoms. The lowest BCUT2D eigenvalue weighted by Gasteiger charge is -2.11. The van der Waals surface area contributed by atoms with Gasteiger partial charge in [-0.25, -0.2) is 4.79 Å². The molecule has 0 aromatic heterocycles. The molecule has 18 heavy (non-hydrogen) atoms. The molecule has 4 nitrogen and oxygen atoms in total. The van der Waals surface area contributed by atoms with Gasteiger partial charge in [-0.05, 0) is 30.9 Å². The van der Waals surface area contributed by atoms with Crippen molar-refractivity contribution in [3.05, 3.63) is 29.8 Å². The van der Waals surface area contributed by atoms with Gasteiger partial charge in [0, 0.05) is 30.7 Å². The first-order valence-corrected chi connectivity index (χ1v) is 6.70. The summed E-state index contributed by atoms with van der Waals surface area (Å²) >= 11 is 0. The van der Waals surface area contributed by atoms with Crippen LogP contribution in [0.15, 0.2) is 24.3 Å². The summed E-state index contributed by atoms with van der Waals surface area (Å²) in [4.78, 5) is 11.5. The Labute approximate surface area is 107 Å². The van der Waals surface area contributed by atoms with Gasteiger partial charge < -0.3 is 16.0 Å². The molecule has 1 fully saturated rings. The largest absolute Gasteiger partial charge is 0.384 e. The first-order valence-electron chi connectivity index (χ1n) is 6.70. The number of amides is 2. The summed E-state index contributed by atoms with van der Waals surface area (Å²) in [6.07, 6.45) is 3.25. The Kier molecular flexibility index (Phi) is 3.09. The lowest BCUT2D eigenvalue weighted by molar-refractivity contribution is 0.240. The highest BCUT2D eigenvalue weighted by Crippen LogP contribution is 2.32. The Morgan fingerprint density at radius 2 is 2.17 bits per heavy atom. The summed E-state index contributed by atoms with van der Waals surface area (Å²) in [6, 6.07) is 8.82. The Hall–Kier alpha value is -1.71. The van der Waals surface area contributed by atoms with Crippen molar-refractivity contribution in [3.63, 3.8) is 0 Å². The molecule has 3 rings (SSSR count). The second-order valence-corrected chi connectivity index (χ2v) is 5.13. The summed E-state index contributed by atoms with van der Waals surface area (Å²) in [5, 5.41) is 9.27. The molecule has 1 unspecified atom stereocenters. The molecule has 3 N–H and O–H groups in total. The fraction of sp³-hybridized carbons (Fsp3) is 0.500. The third-order valence-corrected chi connectivity index (χ3v) is 3.63. The van der Waals surface area contributed by atoms with Gasteiger partial charge in [0.25, 0.3) is 0 Å². The number of fused-ring (bicyclic) bond motifs is 1. The molecule has 2 aliphatic rings. The van der Waals surface area contributed by atoms with Crippen LogP contribution in [0.25, 0.3) is 0 Å². The number of para-hydroxylation sites is 1. The maximum Gasteiger partial charge on any atom is 0.315 e. The quantitative estimate of drug-likeness (QED) is 0.760. The Morgan fingerprint density at radius 3 is 3.00 bits per heavy atom. The summed E-state index contributed by atoms with van der Waals surface area (Å²) in [7, 11) is 0. The minimum absolute atomic E-state index is 0.0169. The number of carbonyl (C=O) groups excluding carboxylic acids is 1. The second kappa shape index (κ2) is 4.88. The minimum Gasteiger partial charge on any atom is -0.384 e. The number of urea groups is 1. The molecular weight excluding hydrogens is 226 g/mol. The van der Waals surface area contributed by atoms with Gasteiger partial charge in [-0.2, -0.15) is 0 Å². The number of anilines is 1. The first kappa shape index (κ1) is 11.4. The van der Waals surface area contributed by atoms with Crippen LogP contribution in [0.2, 0.25) is 0 Å². The van der Waals surface area contributed by atoms with E-state index in [1.165, 1.54) is 11.3 Å². The van der Waals surface area contributed by atoms with Gasteiger partial charge in [-0.15, -0.1) is 0 Å². The average molecular weight is 245 g/mol. The number of hydrogen-bond donors (Lipinski definition) is 3. The van der Waals surface area contributed by atoms with E-state index in [0.29, 0.717) is 12.0 Å². The molecule has 1 aliphatic heterocycles. The van der Waals surface area contributed by atoms with Crippen molar-refractivity contribution >= 4 is 11.7 Å².